The molecule has 1 fully saturated rings. The number of carbonyl (C=O) groups excluding carboxylic acids is 2. The Bertz CT molecular complexity index is 536. The number of rotatable bonds is 7. The molecule has 0 radical (unpaired) electrons. The van der Waals surface area contributed by atoms with E-state index < -0.39 is 0 Å². The molecule has 0 aromatic carbocycles. The van der Waals surface area contributed by atoms with Crippen molar-refractivity contribution in [2.75, 3.05) is 25.0 Å². The molecule has 1 N–H and O–H groups in total. The lowest BCUT2D eigenvalue weighted by Gasteiger charge is -2.19. The lowest BCUT2D eigenvalue weighted by atomic mass is 10.2. The van der Waals surface area contributed by atoms with Crippen molar-refractivity contribution in [2.45, 2.75) is 58.6 Å². The van der Waals surface area contributed by atoms with Crippen LogP contribution in [0.4, 0.5) is 5.95 Å². The van der Waals surface area contributed by atoms with Crippen molar-refractivity contribution in [2.24, 2.45) is 0 Å². The van der Waals surface area contributed by atoms with Gasteiger partial charge in [0, 0.05) is 13.1 Å². The summed E-state index contributed by atoms with van der Waals surface area (Å²) in [6.07, 6.45) is 6.30. The van der Waals surface area contributed by atoms with Gasteiger partial charge in [-0.05, 0) is 26.7 Å². The molecule has 134 valence electrons. The van der Waals surface area contributed by atoms with Crippen LogP contribution >= 0.6 is 0 Å². The molecule has 8 nitrogen and oxygen atoms in total. The molecule has 8 heteroatoms. The minimum atomic E-state index is -0.202. The largest absolute Gasteiger partial charge is 0.378 e. The van der Waals surface area contributed by atoms with E-state index in [0.29, 0.717) is 6.61 Å². The first-order valence-electron chi connectivity index (χ1n) is 8.63. The molecular formula is C16H27N5O3. The average molecular weight is 337 g/mol. The molecule has 2 rings (SSSR count). The van der Waals surface area contributed by atoms with E-state index in [1.54, 1.807) is 0 Å². The molecule has 1 saturated heterocycles. The summed E-state index contributed by atoms with van der Waals surface area (Å²) >= 11 is 0. The van der Waals surface area contributed by atoms with Gasteiger partial charge in [-0.25, -0.2) is 9.67 Å². The fourth-order valence-corrected chi connectivity index (χ4v) is 2.56. The zero-order chi connectivity index (χ0) is 17.4. The van der Waals surface area contributed by atoms with Gasteiger partial charge in [0.2, 0.25) is 17.8 Å². The van der Waals surface area contributed by atoms with Crippen LogP contribution < -0.4 is 5.32 Å². The highest BCUT2D eigenvalue weighted by Gasteiger charge is 2.16. The lowest BCUT2D eigenvalue weighted by Crippen LogP contribution is -2.34. The Kier molecular flexibility index (Phi) is 7.17. The summed E-state index contributed by atoms with van der Waals surface area (Å²) in [4.78, 5) is 30.0. The predicted octanol–water partition coefficient (Wildman–Crippen LogP) is 1.43. The second-order valence-corrected chi connectivity index (χ2v) is 6.28. The number of anilines is 1. The average Bonchev–Trinajstić information content (AvgIpc) is 2.79. The highest BCUT2D eigenvalue weighted by Crippen LogP contribution is 2.10. The Morgan fingerprint density at radius 3 is 2.62 bits per heavy atom. The molecule has 0 saturated carbocycles. The highest BCUT2D eigenvalue weighted by molar-refractivity contribution is 5.88. The van der Waals surface area contributed by atoms with Crippen LogP contribution in [0.5, 0.6) is 0 Å². The minimum absolute atomic E-state index is 0.0463. The Balaban J connectivity index is 1.77. The van der Waals surface area contributed by atoms with Gasteiger partial charge in [0.15, 0.2) is 0 Å². The van der Waals surface area contributed by atoms with Crippen molar-refractivity contribution in [3.8, 4) is 0 Å². The summed E-state index contributed by atoms with van der Waals surface area (Å²) in [5, 5.41) is 6.75. The Morgan fingerprint density at radius 2 is 1.96 bits per heavy atom. The van der Waals surface area contributed by atoms with Crippen molar-refractivity contribution in [3.63, 3.8) is 0 Å². The predicted molar refractivity (Wildman–Crippen MR) is 89.4 cm³/mol. The molecule has 1 aromatic rings. The minimum Gasteiger partial charge on any atom is -0.378 e. The van der Waals surface area contributed by atoms with Crippen molar-refractivity contribution >= 4 is 17.8 Å². The van der Waals surface area contributed by atoms with Crippen LogP contribution in [0.25, 0.3) is 0 Å². The topological polar surface area (TPSA) is 89.3 Å². The molecular weight excluding hydrogens is 310 g/mol. The Morgan fingerprint density at radius 1 is 1.25 bits per heavy atom. The lowest BCUT2D eigenvalue weighted by molar-refractivity contribution is -0.132. The fourth-order valence-electron chi connectivity index (χ4n) is 2.56. The maximum atomic E-state index is 12.3. The standard InChI is InChI=1S/C16H27N5O3/c1-13(2)24-10-7-14(22)18-16-17-12-21(19-16)11-15(23)20-8-5-3-4-6-9-20/h12-13H,3-11H2,1-2H3,(H,18,19,22). The summed E-state index contributed by atoms with van der Waals surface area (Å²) in [6, 6.07) is 0. The number of carbonyl (C=O) groups is 2. The van der Waals surface area contributed by atoms with Gasteiger partial charge >= 0.3 is 0 Å². The molecule has 0 unspecified atom stereocenters. The van der Waals surface area contributed by atoms with Crippen LogP contribution in [-0.4, -0.2) is 57.3 Å². The number of ether oxygens (including phenoxy) is 1. The van der Waals surface area contributed by atoms with Gasteiger partial charge in [-0.15, -0.1) is 5.10 Å². The molecule has 1 aromatic heterocycles. The fraction of sp³-hybridized carbons (Fsp3) is 0.750. The van der Waals surface area contributed by atoms with E-state index in [0.717, 1.165) is 25.9 Å². The van der Waals surface area contributed by atoms with Crippen LogP contribution in [0.2, 0.25) is 0 Å². The van der Waals surface area contributed by atoms with Gasteiger partial charge in [0.1, 0.15) is 12.9 Å². The third kappa shape index (κ3) is 6.27. The Labute approximate surface area is 142 Å². The third-order valence-corrected chi connectivity index (χ3v) is 3.82. The number of nitrogens with one attached hydrogen (secondary N) is 1. The summed E-state index contributed by atoms with van der Waals surface area (Å²) in [5.41, 5.74) is 0. The molecule has 24 heavy (non-hydrogen) atoms. The van der Waals surface area contributed by atoms with Gasteiger partial charge in [-0.2, -0.15) is 0 Å². The summed E-state index contributed by atoms with van der Waals surface area (Å²) in [7, 11) is 0. The monoisotopic (exact) mass is 337 g/mol. The maximum Gasteiger partial charge on any atom is 0.248 e. The molecule has 0 spiro atoms. The van der Waals surface area contributed by atoms with E-state index in [-0.39, 0.29) is 36.8 Å². The molecule has 0 atom stereocenters. The highest BCUT2D eigenvalue weighted by atomic mass is 16.5. The molecule has 2 heterocycles. The van der Waals surface area contributed by atoms with Crippen LogP contribution in [-0.2, 0) is 20.9 Å². The number of amides is 2. The van der Waals surface area contributed by atoms with E-state index in [1.807, 2.05) is 18.7 Å². The summed E-state index contributed by atoms with van der Waals surface area (Å²) in [5.74, 6) is 0.0606. The molecule has 1 aliphatic heterocycles. The first-order valence-corrected chi connectivity index (χ1v) is 8.63. The van der Waals surface area contributed by atoms with E-state index in [1.165, 1.54) is 23.9 Å². The van der Waals surface area contributed by atoms with Crippen LogP contribution in [0.1, 0.15) is 46.0 Å². The molecule has 2 amide bonds. The summed E-state index contributed by atoms with van der Waals surface area (Å²) < 4.78 is 6.79. The van der Waals surface area contributed by atoms with Gasteiger partial charge < -0.3 is 9.64 Å². The second kappa shape index (κ2) is 9.36. The molecule has 1 aliphatic rings. The second-order valence-electron chi connectivity index (χ2n) is 6.28. The number of hydrogen-bond donors (Lipinski definition) is 1. The normalized spacial score (nSPS) is 15.4. The molecule has 0 bridgehead atoms. The third-order valence-electron chi connectivity index (χ3n) is 3.82. The Hall–Kier alpha value is -1.96. The smallest absolute Gasteiger partial charge is 0.248 e. The number of hydrogen-bond acceptors (Lipinski definition) is 5. The maximum absolute atomic E-state index is 12.3. The summed E-state index contributed by atoms with van der Waals surface area (Å²) in [6.45, 7) is 5.97. The van der Waals surface area contributed by atoms with Crippen molar-refractivity contribution in [1.29, 1.82) is 0 Å². The van der Waals surface area contributed by atoms with Crippen LogP contribution in [0.3, 0.4) is 0 Å². The molecule has 0 aliphatic carbocycles. The van der Waals surface area contributed by atoms with Crippen LogP contribution in [0.15, 0.2) is 6.33 Å². The number of nitrogens with zero attached hydrogens (tertiary/aromatic N) is 4. The van der Waals surface area contributed by atoms with Crippen molar-refractivity contribution < 1.29 is 14.3 Å². The van der Waals surface area contributed by atoms with E-state index in [9.17, 15) is 9.59 Å². The quantitative estimate of drug-likeness (QED) is 0.813. The zero-order valence-electron chi connectivity index (χ0n) is 14.5. The van der Waals surface area contributed by atoms with Crippen molar-refractivity contribution in [1.82, 2.24) is 19.7 Å². The van der Waals surface area contributed by atoms with E-state index in [4.69, 9.17) is 4.74 Å². The van der Waals surface area contributed by atoms with Gasteiger partial charge in [0.25, 0.3) is 0 Å². The first kappa shape index (κ1) is 18.4. The first-order chi connectivity index (χ1) is 11.5. The van der Waals surface area contributed by atoms with E-state index in [2.05, 4.69) is 15.4 Å². The van der Waals surface area contributed by atoms with Crippen LogP contribution in [0, 0.1) is 0 Å². The SMILES string of the molecule is CC(C)OCCC(=O)Nc1ncn(CC(=O)N2CCCCCC2)n1. The van der Waals surface area contributed by atoms with E-state index >= 15 is 0 Å². The van der Waals surface area contributed by atoms with Crippen molar-refractivity contribution in [3.05, 3.63) is 6.33 Å². The zero-order valence-corrected chi connectivity index (χ0v) is 14.5. The number of likely N-dealkylation sites (tertiary alicyclic amines) is 1. The van der Waals surface area contributed by atoms with Gasteiger partial charge in [0.05, 0.1) is 19.1 Å². The van der Waals surface area contributed by atoms with Gasteiger partial charge in [-0.3, -0.25) is 14.9 Å². The van der Waals surface area contributed by atoms with Gasteiger partial charge in [-0.1, -0.05) is 12.8 Å². The number of aromatic nitrogens is 3.